The molecule has 0 fully saturated rings. The minimum atomic E-state index is -0.593. The first kappa shape index (κ1) is 16.4. The van der Waals surface area contributed by atoms with Crippen molar-refractivity contribution < 1.29 is 14.5 Å². The zero-order chi connectivity index (χ0) is 16.0. The summed E-state index contributed by atoms with van der Waals surface area (Å²) in [5.74, 6) is -0.240. The van der Waals surface area contributed by atoms with Gasteiger partial charge in [-0.05, 0) is 26.0 Å². The molecule has 0 spiro atoms. The standard InChI is InChI=1S/C14H17N3O4/c1-10(2)16(8-4-7-15)14(18)11-5-6-13(21-3)12(9-11)17(19)20/h5-6,9-10H,4,8H2,1-3H3. The van der Waals surface area contributed by atoms with Crippen LogP contribution in [0.25, 0.3) is 0 Å². The molecular weight excluding hydrogens is 274 g/mol. The molecule has 0 aliphatic heterocycles. The molecule has 7 nitrogen and oxygen atoms in total. The number of nitro benzene ring substituents is 1. The van der Waals surface area contributed by atoms with Crippen molar-refractivity contribution >= 4 is 11.6 Å². The van der Waals surface area contributed by atoms with Gasteiger partial charge in [0.1, 0.15) is 0 Å². The van der Waals surface area contributed by atoms with Crippen LogP contribution in [-0.4, -0.2) is 35.4 Å². The lowest BCUT2D eigenvalue weighted by Crippen LogP contribution is -2.37. The highest BCUT2D eigenvalue weighted by molar-refractivity contribution is 5.95. The first-order valence-corrected chi connectivity index (χ1v) is 6.42. The molecule has 7 heteroatoms. The molecule has 0 atom stereocenters. The summed E-state index contributed by atoms with van der Waals surface area (Å²) in [4.78, 5) is 24.3. The van der Waals surface area contributed by atoms with Crippen LogP contribution < -0.4 is 4.74 Å². The van der Waals surface area contributed by atoms with Gasteiger partial charge in [-0.15, -0.1) is 0 Å². The summed E-state index contributed by atoms with van der Waals surface area (Å²) in [6.45, 7) is 3.94. The molecule has 1 amide bonds. The average molecular weight is 291 g/mol. The van der Waals surface area contributed by atoms with Gasteiger partial charge in [-0.2, -0.15) is 5.26 Å². The first-order valence-electron chi connectivity index (χ1n) is 6.42. The molecule has 1 aromatic carbocycles. The van der Waals surface area contributed by atoms with Crippen molar-refractivity contribution in [3.05, 3.63) is 33.9 Å². The van der Waals surface area contributed by atoms with Gasteiger partial charge in [-0.25, -0.2) is 0 Å². The second-order valence-corrected chi connectivity index (χ2v) is 4.64. The number of nitrogens with zero attached hydrogens (tertiary/aromatic N) is 3. The van der Waals surface area contributed by atoms with E-state index in [0.717, 1.165) is 0 Å². The number of rotatable bonds is 6. The summed E-state index contributed by atoms with van der Waals surface area (Å²) in [7, 11) is 1.33. The predicted molar refractivity (Wildman–Crippen MR) is 76.1 cm³/mol. The van der Waals surface area contributed by atoms with E-state index in [2.05, 4.69) is 0 Å². The SMILES string of the molecule is COc1ccc(C(=O)N(CCC#N)C(C)C)cc1[N+](=O)[O-]. The van der Waals surface area contributed by atoms with E-state index in [1.54, 1.807) is 0 Å². The molecule has 0 saturated carbocycles. The number of methoxy groups -OCH3 is 1. The second kappa shape index (κ2) is 7.24. The van der Waals surface area contributed by atoms with Crippen molar-refractivity contribution in [3.8, 4) is 11.8 Å². The van der Waals surface area contributed by atoms with Crippen LogP contribution in [0.1, 0.15) is 30.6 Å². The molecule has 0 saturated heterocycles. The maximum Gasteiger partial charge on any atom is 0.311 e. The van der Waals surface area contributed by atoms with Gasteiger partial charge in [0.2, 0.25) is 0 Å². The maximum atomic E-state index is 12.4. The van der Waals surface area contributed by atoms with Crippen LogP contribution in [0.4, 0.5) is 5.69 Å². The van der Waals surface area contributed by atoms with E-state index in [-0.39, 0.29) is 41.9 Å². The zero-order valence-electron chi connectivity index (χ0n) is 12.2. The highest BCUT2D eigenvalue weighted by Gasteiger charge is 2.23. The fraction of sp³-hybridized carbons (Fsp3) is 0.429. The Morgan fingerprint density at radius 2 is 2.19 bits per heavy atom. The largest absolute Gasteiger partial charge is 0.490 e. The molecule has 112 valence electrons. The Morgan fingerprint density at radius 1 is 1.52 bits per heavy atom. The minimum Gasteiger partial charge on any atom is -0.490 e. The quantitative estimate of drug-likeness (QED) is 0.592. The summed E-state index contributed by atoms with van der Waals surface area (Å²) in [5, 5.41) is 19.6. The lowest BCUT2D eigenvalue weighted by Gasteiger charge is -2.25. The van der Waals surface area contributed by atoms with E-state index in [1.807, 2.05) is 19.9 Å². The van der Waals surface area contributed by atoms with Crippen LogP contribution in [0.3, 0.4) is 0 Å². The zero-order valence-corrected chi connectivity index (χ0v) is 12.2. The van der Waals surface area contributed by atoms with Crippen LogP contribution in [-0.2, 0) is 0 Å². The number of carbonyl (C=O) groups is 1. The normalized spacial score (nSPS) is 10.0. The van der Waals surface area contributed by atoms with E-state index in [9.17, 15) is 14.9 Å². The molecular formula is C14H17N3O4. The summed E-state index contributed by atoms with van der Waals surface area (Å²) < 4.78 is 4.90. The maximum absolute atomic E-state index is 12.4. The van der Waals surface area contributed by atoms with Crippen LogP contribution in [0.15, 0.2) is 18.2 Å². The van der Waals surface area contributed by atoms with Gasteiger partial charge in [0.15, 0.2) is 5.75 Å². The number of nitro groups is 1. The van der Waals surface area contributed by atoms with Crippen LogP contribution >= 0.6 is 0 Å². The summed E-state index contributed by atoms with van der Waals surface area (Å²) >= 11 is 0. The fourth-order valence-electron chi connectivity index (χ4n) is 1.90. The second-order valence-electron chi connectivity index (χ2n) is 4.64. The van der Waals surface area contributed by atoms with Crippen molar-refractivity contribution in [2.24, 2.45) is 0 Å². The van der Waals surface area contributed by atoms with E-state index in [1.165, 1.54) is 30.2 Å². The Kier molecular flexibility index (Phi) is 5.67. The molecule has 1 aromatic rings. The van der Waals surface area contributed by atoms with Gasteiger partial charge in [0.05, 0.1) is 24.5 Å². The molecule has 0 unspecified atom stereocenters. The van der Waals surface area contributed by atoms with Gasteiger partial charge >= 0.3 is 5.69 Å². The van der Waals surface area contributed by atoms with Gasteiger partial charge in [-0.3, -0.25) is 14.9 Å². The average Bonchev–Trinajstić information content (AvgIpc) is 2.46. The van der Waals surface area contributed by atoms with Crippen molar-refractivity contribution in [3.63, 3.8) is 0 Å². The molecule has 21 heavy (non-hydrogen) atoms. The molecule has 0 radical (unpaired) electrons. The Labute approximate surface area is 122 Å². The third kappa shape index (κ3) is 3.92. The summed E-state index contributed by atoms with van der Waals surface area (Å²) in [5.41, 5.74) is -0.0542. The van der Waals surface area contributed by atoms with Crippen molar-refractivity contribution in [2.75, 3.05) is 13.7 Å². The molecule has 0 heterocycles. The number of benzene rings is 1. The van der Waals surface area contributed by atoms with Crippen molar-refractivity contribution in [1.82, 2.24) is 4.90 Å². The van der Waals surface area contributed by atoms with Crippen molar-refractivity contribution in [1.29, 1.82) is 5.26 Å². The van der Waals surface area contributed by atoms with Gasteiger partial charge in [-0.1, -0.05) is 0 Å². The highest BCUT2D eigenvalue weighted by Crippen LogP contribution is 2.28. The third-order valence-corrected chi connectivity index (χ3v) is 2.97. The Morgan fingerprint density at radius 3 is 2.67 bits per heavy atom. The summed E-state index contributed by atoms with van der Waals surface area (Å²) in [6.07, 6.45) is 0.210. The summed E-state index contributed by atoms with van der Waals surface area (Å²) in [6, 6.07) is 5.96. The minimum absolute atomic E-state index is 0.102. The van der Waals surface area contributed by atoms with Gasteiger partial charge in [0, 0.05) is 24.2 Å². The lowest BCUT2D eigenvalue weighted by atomic mass is 10.1. The molecule has 0 aliphatic carbocycles. The Hall–Kier alpha value is -2.62. The van der Waals surface area contributed by atoms with E-state index in [4.69, 9.17) is 10.00 Å². The van der Waals surface area contributed by atoms with Crippen LogP contribution in [0.5, 0.6) is 5.75 Å². The van der Waals surface area contributed by atoms with Gasteiger partial charge in [0.25, 0.3) is 5.91 Å². The van der Waals surface area contributed by atoms with E-state index in [0.29, 0.717) is 0 Å². The van der Waals surface area contributed by atoms with Crippen molar-refractivity contribution in [2.45, 2.75) is 26.3 Å². The number of carbonyl (C=O) groups excluding carboxylic acids is 1. The number of hydrogen-bond donors (Lipinski definition) is 0. The molecule has 0 aliphatic rings. The molecule has 0 N–H and O–H groups in total. The van der Waals surface area contributed by atoms with Gasteiger partial charge < -0.3 is 9.64 Å². The monoisotopic (exact) mass is 291 g/mol. The number of amides is 1. The lowest BCUT2D eigenvalue weighted by molar-refractivity contribution is -0.385. The Bertz CT molecular complexity index is 578. The van der Waals surface area contributed by atoms with Crippen LogP contribution in [0.2, 0.25) is 0 Å². The van der Waals surface area contributed by atoms with Crippen LogP contribution in [0, 0.1) is 21.4 Å². The molecule has 1 rings (SSSR count). The fourth-order valence-corrected chi connectivity index (χ4v) is 1.90. The molecule has 0 bridgehead atoms. The van der Waals surface area contributed by atoms with E-state index < -0.39 is 4.92 Å². The smallest absolute Gasteiger partial charge is 0.311 e. The topological polar surface area (TPSA) is 96.5 Å². The number of hydrogen-bond acceptors (Lipinski definition) is 5. The highest BCUT2D eigenvalue weighted by atomic mass is 16.6. The first-order chi connectivity index (χ1) is 9.92. The third-order valence-electron chi connectivity index (χ3n) is 2.97. The number of ether oxygens (including phenoxy) is 1. The predicted octanol–water partition coefficient (Wildman–Crippen LogP) is 2.37. The van der Waals surface area contributed by atoms with E-state index >= 15 is 0 Å². The molecule has 0 aromatic heterocycles. The number of nitriles is 1. The Balaban J connectivity index is 3.14.